The highest BCUT2D eigenvalue weighted by Gasteiger charge is 2.12. The third kappa shape index (κ3) is 5.20. The zero-order chi connectivity index (χ0) is 14.3. The average Bonchev–Trinajstić information content (AvgIpc) is 2.38. The molecule has 1 N–H and O–H groups in total. The lowest BCUT2D eigenvalue weighted by Gasteiger charge is -2.21. The highest BCUT2D eigenvalue weighted by Crippen LogP contribution is 2.24. The lowest BCUT2D eigenvalue weighted by atomic mass is 10.2. The van der Waals surface area contributed by atoms with E-state index in [2.05, 4.69) is 26.1 Å². The molecule has 4 nitrogen and oxygen atoms in total. The minimum Gasteiger partial charge on any atom is -0.496 e. The van der Waals surface area contributed by atoms with Crippen LogP contribution < -0.4 is 10.1 Å². The monoisotopic (exact) mass is 328 g/mol. The Hall–Kier alpha value is -1.07. The zero-order valence-electron chi connectivity index (χ0n) is 11.7. The Balaban J connectivity index is 2.74. The highest BCUT2D eigenvalue weighted by atomic mass is 79.9. The molecule has 0 aliphatic carbocycles. The van der Waals surface area contributed by atoms with E-state index >= 15 is 0 Å². The largest absolute Gasteiger partial charge is 0.496 e. The summed E-state index contributed by atoms with van der Waals surface area (Å²) in [5.41, 5.74) is 1.07. The second-order valence-corrected chi connectivity index (χ2v) is 5.13. The van der Waals surface area contributed by atoms with Crippen molar-refractivity contribution in [3.8, 4) is 5.75 Å². The summed E-state index contributed by atoms with van der Waals surface area (Å²) in [7, 11) is 1.66. The van der Waals surface area contributed by atoms with Crippen LogP contribution in [-0.2, 0) is 11.3 Å². The quantitative estimate of drug-likeness (QED) is 0.835. The number of halogens is 1. The number of benzene rings is 1. The first kappa shape index (κ1) is 16.0. The van der Waals surface area contributed by atoms with Crippen LogP contribution in [0.5, 0.6) is 5.75 Å². The van der Waals surface area contributed by atoms with Gasteiger partial charge in [0.15, 0.2) is 0 Å². The average molecular weight is 329 g/mol. The van der Waals surface area contributed by atoms with Gasteiger partial charge in [-0.1, -0.05) is 22.9 Å². The summed E-state index contributed by atoms with van der Waals surface area (Å²) in [6, 6.07) is 5.90. The first-order chi connectivity index (χ1) is 9.10. The highest BCUT2D eigenvalue weighted by molar-refractivity contribution is 9.10. The van der Waals surface area contributed by atoms with Gasteiger partial charge in [0.25, 0.3) is 0 Å². The molecule has 0 aliphatic rings. The van der Waals surface area contributed by atoms with Crippen LogP contribution in [0.3, 0.4) is 0 Å². The van der Waals surface area contributed by atoms with E-state index in [1.807, 2.05) is 32.0 Å². The van der Waals surface area contributed by atoms with Gasteiger partial charge in [0.2, 0.25) is 5.91 Å². The van der Waals surface area contributed by atoms with E-state index in [0.29, 0.717) is 19.6 Å². The summed E-state index contributed by atoms with van der Waals surface area (Å²) in [6.45, 7) is 6.54. The van der Waals surface area contributed by atoms with Gasteiger partial charge in [-0.25, -0.2) is 0 Å². The van der Waals surface area contributed by atoms with E-state index in [-0.39, 0.29) is 5.91 Å². The number of hydrogen-bond acceptors (Lipinski definition) is 3. The molecule has 106 valence electrons. The van der Waals surface area contributed by atoms with E-state index in [1.165, 1.54) is 0 Å². The molecule has 0 radical (unpaired) electrons. The van der Waals surface area contributed by atoms with Crippen molar-refractivity contribution in [1.29, 1.82) is 0 Å². The summed E-state index contributed by atoms with van der Waals surface area (Å²) in [5.74, 6) is 0.899. The van der Waals surface area contributed by atoms with Crippen molar-refractivity contribution in [3.63, 3.8) is 0 Å². The molecule has 0 bridgehead atoms. The van der Waals surface area contributed by atoms with Crippen molar-refractivity contribution in [3.05, 3.63) is 28.2 Å². The molecule has 1 aromatic carbocycles. The third-order valence-electron chi connectivity index (χ3n) is 2.82. The molecule has 0 atom stereocenters. The molecule has 0 unspecified atom stereocenters. The van der Waals surface area contributed by atoms with Gasteiger partial charge in [0.1, 0.15) is 5.75 Å². The van der Waals surface area contributed by atoms with Crippen molar-refractivity contribution in [1.82, 2.24) is 10.2 Å². The predicted molar refractivity (Wildman–Crippen MR) is 80.3 cm³/mol. The fourth-order valence-electron chi connectivity index (χ4n) is 1.85. The standard InChI is InChI=1S/C14H21BrN2O2/c1-4-16-14(18)10-17(5-2)9-11-8-12(15)6-7-13(11)19-3/h6-8H,4-5,9-10H2,1-3H3,(H,16,18). The van der Waals surface area contributed by atoms with E-state index in [4.69, 9.17) is 4.74 Å². The minimum atomic E-state index is 0.0540. The predicted octanol–water partition coefficient (Wildman–Crippen LogP) is 2.42. The van der Waals surface area contributed by atoms with Gasteiger partial charge in [-0.3, -0.25) is 9.69 Å². The van der Waals surface area contributed by atoms with Crippen LogP contribution in [0.2, 0.25) is 0 Å². The van der Waals surface area contributed by atoms with Crippen LogP contribution in [-0.4, -0.2) is 37.6 Å². The lowest BCUT2D eigenvalue weighted by Crippen LogP contribution is -2.36. The molecule has 0 aromatic heterocycles. The first-order valence-electron chi connectivity index (χ1n) is 6.42. The van der Waals surface area contributed by atoms with E-state index in [0.717, 1.165) is 22.3 Å². The van der Waals surface area contributed by atoms with Crippen LogP contribution in [0, 0.1) is 0 Å². The number of hydrogen-bond donors (Lipinski definition) is 1. The van der Waals surface area contributed by atoms with Gasteiger partial charge >= 0.3 is 0 Å². The molecule has 5 heteroatoms. The Labute approximate surface area is 123 Å². The molecule has 0 saturated carbocycles. The molecule has 0 heterocycles. The Kier molecular flexibility index (Phi) is 6.87. The number of methoxy groups -OCH3 is 1. The summed E-state index contributed by atoms with van der Waals surface area (Å²) in [4.78, 5) is 13.7. The zero-order valence-corrected chi connectivity index (χ0v) is 13.3. The third-order valence-corrected chi connectivity index (χ3v) is 3.32. The van der Waals surface area contributed by atoms with Gasteiger partial charge in [0.05, 0.1) is 13.7 Å². The Morgan fingerprint density at radius 1 is 1.42 bits per heavy atom. The minimum absolute atomic E-state index is 0.0540. The van der Waals surface area contributed by atoms with Gasteiger partial charge < -0.3 is 10.1 Å². The molecule has 0 saturated heterocycles. The maximum Gasteiger partial charge on any atom is 0.234 e. The first-order valence-corrected chi connectivity index (χ1v) is 7.21. The Morgan fingerprint density at radius 3 is 2.74 bits per heavy atom. The Morgan fingerprint density at radius 2 is 2.16 bits per heavy atom. The second-order valence-electron chi connectivity index (χ2n) is 4.21. The molecule has 0 aliphatic heterocycles. The van der Waals surface area contributed by atoms with Crippen LogP contribution in [0.1, 0.15) is 19.4 Å². The number of likely N-dealkylation sites (N-methyl/N-ethyl adjacent to an activating group) is 2. The number of carbonyl (C=O) groups excluding carboxylic acids is 1. The van der Waals surface area contributed by atoms with E-state index < -0.39 is 0 Å². The fourth-order valence-corrected chi connectivity index (χ4v) is 2.26. The maximum absolute atomic E-state index is 11.6. The number of ether oxygens (including phenoxy) is 1. The summed E-state index contributed by atoms with van der Waals surface area (Å²) < 4.78 is 6.36. The number of carbonyl (C=O) groups is 1. The SMILES string of the molecule is CCNC(=O)CN(CC)Cc1cc(Br)ccc1OC. The van der Waals surface area contributed by atoms with Crippen molar-refractivity contribution in [2.24, 2.45) is 0 Å². The van der Waals surface area contributed by atoms with Crippen molar-refractivity contribution in [2.45, 2.75) is 20.4 Å². The number of nitrogens with one attached hydrogen (secondary N) is 1. The topological polar surface area (TPSA) is 41.6 Å². The lowest BCUT2D eigenvalue weighted by molar-refractivity contribution is -0.122. The second kappa shape index (κ2) is 8.17. The molecule has 0 fully saturated rings. The van der Waals surface area contributed by atoms with Crippen molar-refractivity contribution >= 4 is 21.8 Å². The number of nitrogens with zero attached hydrogens (tertiary/aromatic N) is 1. The molecule has 19 heavy (non-hydrogen) atoms. The molecule has 1 aromatic rings. The molecule has 1 rings (SSSR count). The van der Waals surface area contributed by atoms with Crippen LogP contribution in [0.15, 0.2) is 22.7 Å². The van der Waals surface area contributed by atoms with Crippen LogP contribution in [0.4, 0.5) is 0 Å². The summed E-state index contributed by atoms with van der Waals surface area (Å²) in [6.07, 6.45) is 0. The van der Waals surface area contributed by atoms with Gasteiger partial charge in [-0.05, 0) is 31.7 Å². The maximum atomic E-state index is 11.6. The smallest absolute Gasteiger partial charge is 0.234 e. The summed E-state index contributed by atoms with van der Waals surface area (Å²) in [5, 5.41) is 2.81. The molecule has 0 spiro atoms. The number of rotatable bonds is 7. The molecule has 1 amide bonds. The normalized spacial score (nSPS) is 10.6. The van der Waals surface area contributed by atoms with Crippen LogP contribution in [0.25, 0.3) is 0 Å². The van der Waals surface area contributed by atoms with Crippen molar-refractivity contribution in [2.75, 3.05) is 26.7 Å². The number of amides is 1. The van der Waals surface area contributed by atoms with E-state index in [1.54, 1.807) is 7.11 Å². The van der Waals surface area contributed by atoms with Gasteiger partial charge in [0, 0.05) is 23.1 Å². The fraction of sp³-hybridized carbons (Fsp3) is 0.500. The van der Waals surface area contributed by atoms with Crippen LogP contribution >= 0.6 is 15.9 Å². The summed E-state index contributed by atoms with van der Waals surface area (Å²) >= 11 is 3.46. The van der Waals surface area contributed by atoms with Crippen molar-refractivity contribution < 1.29 is 9.53 Å². The Bertz CT molecular complexity index is 424. The van der Waals surface area contributed by atoms with E-state index in [9.17, 15) is 4.79 Å². The molecular weight excluding hydrogens is 308 g/mol. The van der Waals surface area contributed by atoms with Gasteiger partial charge in [-0.15, -0.1) is 0 Å². The molecular formula is C14H21BrN2O2. The van der Waals surface area contributed by atoms with Gasteiger partial charge in [-0.2, -0.15) is 0 Å².